The minimum absolute atomic E-state index is 0.133. The summed E-state index contributed by atoms with van der Waals surface area (Å²) in [6.45, 7) is 13.7. The average molecular weight is 617 g/mol. The maximum atomic E-state index is 14.1. The van der Waals surface area contributed by atoms with E-state index in [9.17, 15) is 19.2 Å². The van der Waals surface area contributed by atoms with Gasteiger partial charge in [0.2, 0.25) is 5.91 Å². The molecule has 0 N–H and O–H groups in total. The number of hydrogen-bond donors (Lipinski definition) is 0. The number of hydrogen-bond acceptors (Lipinski definition) is 8. The van der Waals surface area contributed by atoms with E-state index in [0.29, 0.717) is 36.2 Å². The zero-order chi connectivity index (χ0) is 32.6. The van der Waals surface area contributed by atoms with Crippen LogP contribution in [0.5, 0.6) is 0 Å². The molecule has 12 heteroatoms. The number of likely N-dealkylation sites (tertiary alicyclic amines) is 1. The molecule has 246 valence electrons. The van der Waals surface area contributed by atoms with Gasteiger partial charge in [-0.2, -0.15) is 5.10 Å². The van der Waals surface area contributed by atoms with Crippen molar-refractivity contribution >= 4 is 29.0 Å². The van der Waals surface area contributed by atoms with Gasteiger partial charge in [-0.3, -0.25) is 23.7 Å². The standard InChI is InChI=1S/C32H52N6O6/c1-9-13-14-15-16-18-36(22-19-24(30(41)43-12-4)37(20-22)31(42)44-32(5,6)7)26(39)21-38-25(11-3)33-27-23(17-10-2)34-35(8)28(27)29(38)40/h22,24H,9-21H2,1-8H3/t22-,24-/m0/s1. The first-order chi connectivity index (χ1) is 20.9. The largest absolute Gasteiger partial charge is 0.464 e. The van der Waals surface area contributed by atoms with E-state index in [4.69, 9.17) is 14.5 Å². The van der Waals surface area contributed by atoms with E-state index >= 15 is 0 Å². The molecule has 3 heterocycles. The molecule has 0 spiro atoms. The van der Waals surface area contributed by atoms with Gasteiger partial charge in [0.15, 0.2) is 5.52 Å². The number of aryl methyl sites for hydroxylation is 3. The number of rotatable bonds is 14. The third kappa shape index (κ3) is 8.38. The van der Waals surface area contributed by atoms with E-state index < -0.39 is 29.7 Å². The lowest BCUT2D eigenvalue weighted by atomic mass is 10.1. The third-order valence-corrected chi connectivity index (χ3v) is 7.92. The van der Waals surface area contributed by atoms with Crippen molar-refractivity contribution in [3.8, 4) is 0 Å². The molecule has 0 aromatic carbocycles. The van der Waals surface area contributed by atoms with Gasteiger partial charge in [-0.25, -0.2) is 14.6 Å². The van der Waals surface area contributed by atoms with Crippen LogP contribution in [0.25, 0.3) is 11.0 Å². The molecule has 2 atom stereocenters. The lowest BCUT2D eigenvalue weighted by Gasteiger charge is -2.30. The Kier molecular flexibility index (Phi) is 12.4. The summed E-state index contributed by atoms with van der Waals surface area (Å²) >= 11 is 0. The first kappa shape index (κ1) is 35.0. The zero-order valence-electron chi connectivity index (χ0n) is 28.0. The number of carbonyl (C=O) groups is 3. The minimum atomic E-state index is -0.872. The Morgan fingerprint density at radius 2 is 1.73 bits per heavy atom. The van der Waals surface area contributed by atoms with Crippen LogP contribution in [0.1, 0.15) is 105 Å². The summed E-state index contributed by atoms with van der Waals surface area (Å²) in [7, 11) is 1.73. The summed E-state index contributed by atoms with van der Waals surface area (Å²) in [6, 6.07) is -1.32. The van der Waals surface area contributed by atoms with E-state index in [1.54, 1.807) is 44.3 Å². The van der Waals surface area contributed by atoms with Crippen LogP contribution in [-0.4, -0.2) is 84.5 Å². The van der Waals surface area contributed by atoms with E-state index in [-0.39, 0.29) is 37.6 Å². The van der Waals surface area contributed by atoms with Gasteiger partial charge in [0.1, 0.15) is 29.5 Å². The smallest absolute Gasteiger partial charge is 0.411 e. The molecule has 1 aliphatic heterocycles. The number of aromatic nitrogens is 4. The van der Waals surface area contributed by atoms with Gasteiger partial charge in [-0.1, -0.05) is 52.9 Å². The highest BCUT2D eigenvalue weighted by Gasteiger charge is 2.45. The second kappa shape index (κ2) is 15.5. The van der Waals surface area contributed by atoms with Crippen molar-refractivity contribution in [1.29, 1.82) is 0 Å². The first-order valence-corrected chi connectivity index (χ1v) is 16.3. The monoisotopic (exact) mass is 616 g/mol. The van der Waals surface area contributed by atoms with Crippen molar-refractivity contribution in [1.82, 2.24) is 29.1 Å². The third-order valence-electron chi connectivity index (χ3n) is 7.92. The highest BCUT2D eigenvalue weighted by molar-refractivity contribution is 5.83. The van der Waals surface area contributed by atoms with Crippen LogP contribution in [0.2, 0.25) is 0 Å². The number of fused-ring (bicyclic) bond motifs is 1. The molecule has 0 unspecified atom stereocenters. The molecule has 0 bridgehead atoms. The van der Waals surface area contributed by atoms with Crippen molar-refractivity contribution in [2.75, 3.05) is 19.7 Å². The van der Waals surface area contributed by atoms with Crippen molar-refractivity contribution in [2.45, 2.75) is 130 Å². The second-order valence-corrected chi connectivity index (χ2v) is 12.6. The van der Waals surface area contributed by atoms with Crippen molar-refractivity contribution in [3.05, 3.63) is 21.9 Å². The summed E-state index contributed by atoms with van der Waals surface area (Å²) < 4.78 is 13.9. The number of ether oxygens (including phenoxy) is 2. The molecule has 3 rings (SSSR count). The number of carbonyl (C=O) groups excluding carboxylic acids is 3. The van der Waals surface area contributed by atoms with Crippen LogP contribution in [-0.2, 0) is 45.5 Å². The fourth-order valence-electron chi connectivity index (χ4n) is 5.84. The Balaban J connectivity index is 1.97. The normalized spacial score (nSPS) is 16.9. The molecule has 1 aliphatic rings. The maximum absolute atomic E-state index is 14.1. The number of unbranched alkanes of at least 4 members (excludes halogenated alkanes) is 4. The molecule has 0 aliphatic carbocycles. The summed E-state index contributed by atoms with van der Waals surface area (Å²) in [5, 5.41) is 4.54. The number of esters is 1. The zero-order valence-corrected chi connectivity index (χ0v) is 28.0. The van der Waals surface area contributed by atoms with E-state index in [2.05, 4.69) is 18.9 Å². The van der Waals surface area contributed by atoms with Crippen molar-refractivity contribution in [2.24, 2.45) is 7.05 Å². The van der Waals surface area contributed by atoms with E-state index in [1.807, 2.05) is 6.92 Å². The van der Waals surface area contributed by atoms with Crippen LogP contribution >= 0.6 is 0 Å². The number of amides is 2. The Labute approximate surface area is 261 Å². The Morgan fingerprint density at radius 1 is 1.02 bits per heavy atom. The van der Waals surface area contributed by atoms with Gasteiger partial charge >= 0.3 is 12.1 Å². The van der Waals surface area contributed by atoms with Crippen molar-refractivity contribution in [3.63, 3.8) is 0 Å². The average Bonchev–Trinajstić information content (AvgIpc) is 3.53. The van der Waals surface area contributed by atoms with Crippen LogP contribution < -0.4 is 5.56 Å². The first-order valence-electron chi connectivity index (χ1n) is 16.3. The van der Waals surface area contributed by atoms with Crippen molar-refractivity contribution < 1.29 is 23.9 Å². The van der Waals surface area contributed by atoms with Gasteiger partial charge in [-0.15, -0.1) is 0 Å². The minimum Gasteiger partial charge on any atom is -0.464 e. The maximum Gasteiger partial charge on any atom is 0.411 e. The Hall–Kier alpha value is -3.44. The summed E-state index contributed by atoms with van der Waals surface area (Å²) in [5.41, 5.74) is 0.696. The van der Waals surface area contributed by atoms with Gasteiger partial charge < -0.3 is 14.4 Å². The highest BCUT2D eigenvalue weighted by Crippen LogP contribution is 2.27. The molecule has 12 nitrogen and oxygen atoms in total. The Morgan fingerprint density at radius 3 is 2.34 bits per heavy atom. The topological polar surface area (TPSA) is 129 Å². The SMILES string of the molecule is CCCCCCCN(C(=O)Cn1c(CC)nc2c(CCC)nn(C)c2c1=O)[C@H]1C[C@@H](C(=O)OCC)N(C(=O)OC(C)(C)C)C1. The lowest BCUT2D eigenvalue weighted by molar-refractivity contribution is -0.148. The molecular weight excluding hydrogens is 564 g/mol. The molecule has 1 fully saturated rings. The van der Waals surface area contributed by atoms with Crippen LogP contribution in [0.3, 0.4) is 0 Å². The Bertz CT molecular complexity index is 1360. The van der Waals surface area contributed by atoms with Crippen LogP contribution in [0.4, 0.5) is 4.79 Å². The van der Waals surface area contributed by atoms with Crippen LogP contribution in [0, 0.1) is 0 Å². The highest BCUT2D eigenvalue weighted by atomic mass is 16.6. The van der Waals surface area contributed by atoms with Crippen LogP contribution in [0.15, 0.2) is 4.79 Å². The molecule has 2 amide bonds. The van der Waals surface area contributed by atoms with Gasteiger partial charge in [0.05, 0.1) is 18.3 Å². The fraction of sp³-hybridized carbons (Fsp3) is 0.750. The number of nitrogens with zero attached hydrogens (tertiary/aromatic N) is 6. The predicted octanol–water partition coefficient (Wildman–Crippen LogP) is 4.39. The van der Waals surface area contributed by atoms with E-state index in [1.165, 1.54) is 9.47 Å². The predicted molar refractivity (Wildman–Crippen MR) is 168 cm³/mol. The fourth-order valence-corrected chi connectivity index (χ4v) is 5.84. The quantitative estimate of drug-likeness (QED) is 0.226. The summed E-state index contributed by atoms with van der Waals surface area (Å²) in [4.78, 5) is 62.1. The molecule has 0 saturated carbocycles. The summed E-state index contributed by atoms with van der Waals surface area (Å²) in [6.07, 6.45) is 6.65. The van der Waals surface area contributed by atoms with Gasteiger partial charge in [0, 0.05) is 33.0 Å². The second-order valence-electron chi connectivity index (χ2n) is 12.6. The molecule has 44 heavy (non-hydrogen) atoms. The van der Waals surface area contributed by atoms with E-state index in [0.717, 1.165) is 44.2 Å². The molecule has 0 radical (unpaired) electrons. The lowest BCUT2D eigenvalue weighted by Crippen LogP contribution is -2.47. The van der Waals surface area contributed by atoms with Gasteiger partial charge in [-0.05, 0) is 40.5 Å². The molecule has 2 aromatic heterocycles. The van der Waals surface area contributed by atoms with Gasteiger partial charge in [0.25, 0.3) is 5.56 Å². The molecule has 2 aromatic rings. The summed E-state index contributed by atoms with van der Waals surface area (Å²) in [5.74, 6) is -0.252. The molecule has 1 saturated heterocycles. The molecular formula is C32H52N6O6.